The Bertz CT molecular complexity index is 589. The van der Waals surface area contributed by atoms with E-state index in [9.17, 15) is 4.79 Å². The zero-order valence-electron chi connectivity index (χ0n) is 12.0. The molecule has 0 saturated carbocycles. The summed E-state index contributed by atoms with van der Waals surface area (Å²) in [5.41, 5.74) is 2.50. The first-order valence-electron chi connectivity index (χ1n) is 6.55. The molecular weight excluding hydrogens is 254 g/mol. The maximum absolute atomic E-state index is 11.4. The fourth-order valence-electron chi connectivity index (χ4n) is 2.15. The van der Waals surface area contributed by atoms with E-state index in [1.54, 1.807) is 6.07 Å². The number of furan rings is 1. The minimum Gasteiger partial charge on any atom is -0.463 e. The first kappa shape index (κ1) is 14.3. The summed E-state index contributed by atoms with van der Waals surface area (Å²) in [6.07, 6.45) is 0.803. The number of hydrogen-bond donors (Lipinski definition) is 1. The number of hydrogen-bond acceptors (Lipinski definition) is 4. The molecule has 0 saturated heterocycles. The highest BCUT2D eigenvalue weighted by atomic mass is 16.5. The van der Waals surface area contributed by atoms with Gasteiger partial charge in [0, 0.05) is 0 Å². The van der Waals surface area contributed by atoms with Crippen molar-refractivity contribution in [3.05, 3.63) is 59.0 Å². The highest BCUT2D eigenvalue weighted by molar-refractivity contribution is 5.86. The zero-order valence-corrected chi connectivity index (χ0v) is 12.0. The highest BCUT2D eigenvalue weighted by Crippen LogP contribution is 2.22. The van der Waals surface area contributed by atoms with Crippen LogP contribution in [0.3, 0.4) is 0 Å². The largest absolute Gasteiger partial charge is 0.463 e. The molecule has 1 heterocycles. The fraction of sp³-hybridized carbons (Fsp3) is 0.312. The Morgan fingerprint density at radius 3 is 2.70 bits per heavy atom. The van der Waals surface area contributed by atoms with Gasteiger partial charge >= 0.3 is 5.97 Å². The molecule has 0 spiro atoms. The average Bonchev–Trinajstić information content (AvgIpc) is 2.95. The van der Waals surface area contributed by atoms with Gasteiger partial charge in [0.2, 0.25) is 5.76 Å². The van der Waals surface area contributed by atoms with Crippen molar-refractivity contribution in [1.82, 2.24) is 5.32 Å². The molecular formula is C16H19NO3. The topological polar surface area (TPSA) is 51.5 Å². The Balaban J connectivity index is 2.18. The van der Waals surface area contributed by atoms with Crippen LogP contribution >= 0.6 is 0 Å². The maximum atomic E-state index is 11.4. The van der Waals surface area contributed by atoms with E-state index in [-0.39, 0.29) is 11.8 Å². The molecule has 1 atom stereocenters. The third-order valence-corrected chi connectivity index (χ3v) is 3.39. The fourth-order valence-corrected chi connectivity index (χ4v) is 2.15. The standard InChI is InChI=1S/C16H19NO3/c1-11-6-4-5-7-12(11)10-13(17-2)14-8-9-15(20-14)16(18)19-3/h4-9,13,17H,10H2,1-3H3. The molecule has 0 aliphatic carbocycles. The van der Waals surface area contributed by atoms with E-state index in [0.29, 0.717) is 0 Å². The van der Waals surface area contributed by atoms with E-state index in [4.69, 9.17) is 4.42 Å². The normalized spacial score (nSPS) is 12.2. The number of aryl methyl sites for hydroxylation is 1. The summed E-state index contributed by atoms with van der Waals surface area (Å²) in [4.78, 5) is 11.4. The third kappa shape index (κ3) is 3.08. The number of benzene rings is 1. The van der Waals surface area contributed by atoms with Gasteiger partial charge in [-0.15, -0.1) is 0 Å². The summed E-state index contributed by atoms with van der Waals surface area (Å²) in [5.74, 6) is 0.505. The smallest absolute Gasteiger partial charge is 0.373 e. The molecule has 0 aliphatic heterocycles. The molecule has 1 aromatic carbocycles. The summed E-state index contributed by atoms with van der Waals surface area (Å²) in [5, 5.41) is 3.22. The van der Waals surface area contributed by atoms with Gasteiger partial charge in [-0.3, -0.25) is 0 Å². The molecule has 0 bridgehead atoms. The summed E-state index contributed by atoms with van der Waals surface area (Å²) in [7, 11) is 3.22. The first-order chi connectivity index (χ1) is 9.65. The molecule has 106 valence electrons. The van der Waals surface area contributed by atoms with E-state index in [0.717, 1.165) is 12.2 Å². The SMILES string of the molecule is CNC(Cc1ccccc1C)c1ccc(C(=O)OC)o1. The Hall–Kier alpha value is -2.07. The molecule has 2 aromatic rings. The third-order valence-electron chi connectivity index (χ3n) is 3.39. The minimum absolute atomic E-state index is 0.0227. The molecule has 0 radical (unpaired) electrons. The Labute approximate surface area is 118 Å². The van der Waals surface area contributed by atoms with Gasteiger partial charge in [0.05, 0.1) is 13.2 Å². The van der Waals surface area contributed by atoms with Gasteiger partial charge in [-0.2, -0.15) is 0 Å². The highest BCUT2D eigenvalue weighted by Gasteiger charge is 2.18. The molecule has 0 amide bonds. The van der Waals surface area contributed by atoms with E-state index in [2.05, 4.69) is 29.1 Å². The van der Waals surface area contributed by atoms with E-state index in [1.165, 1.54) is 18.2 Å². The van der Waals surface area contributed by atoms with Gasteiger partial charge in [-0.05, 0) is 43.7 Å². The summed E-state index contributed by atoms with van der Waals surface area (Å²) in [6, 6.07) is 11.7. The monoisotopic (exact) mass is 273 g/mol. The van der Waals surface area contributed by atoms with E-state index >= 15 is 0 Å². The number of esters is 1. The van der Waals surface area contributed by atoms with Crippen molar-refractivity contribution < 1.29 is 13.9 Å². The summed E-state index contributed by atoms with van der Waals surface area (Å²) in [6.45, 7) is 2.09. The lowest BCUT2D eigenvalue weighted by Crippen LogP contribution is -2.18. The van der Waals surface area contributed by atoms with Gasteiger partial charge in [0.25, 0.3) is 0 Å². The van der Waals surface area contributed by atoms with Crippen molar-refractivity contribution in [2.45, 2.75) is 19.4 Å². The van der Waals surface area contributed by atoms with Crippen LogP contribution in [0.15, 0.2) is 40.8 Å². The second-order valence-electron chi connectivity index (χ2n) is 4.67. The molecule has 0 fully saturated rings. The van der Waals surface area contributed by atoms with Crippen LogP contribution in [0.1, 0.15) is 33.5 Å². The Morgan fingerprint density at radius 1 is 1.30 bits per heavy atom. The van der Waals surface area contributed by atoms with Crippen LogP contribution in [-0.4, -0.2) is 20.1 Å². The maximum Gasteiger partial charge on any atom is 0.373 e. The Kier molecular flexibility index (Phi) is 4.58. The summed E-state index contributed by atoms with van der Waals surface area (Å²) < 4.78 is 10.2. The van der Waals surface area contributed by atoms with Crippen LogP contribution in [0.2, 0.25) is 0 Å². The predicted molar refractivity (Wildman–Crippen MR) is 76.7 cm³/mol. The number of carbonyl (C=O) groups is 1. The van der Waals surface area contributed by atoms with Gasteiger partial charge in [-0.25, -0.2) is 4.79 Å². The van der Waals surface area contributed by atoms with Crippen molar-refractivity contribution in [3.63, 3.8) is 0 Å². The number of likely N-dealkylation sites (N-methyl/N-ethyl adjacent to an activating group) is 1. The summed E-state index contributed by atoms with van der Waals surface area (Å²) >= 11 is 0. The second kappa shape index (κ2) is 6.39. The lowest BCUT2D eigenvalue weighted by molar-refractivity contribution is 0.0562. The molecule has 0 aliphatic rings. The van der Waals surface area contributed by atoms with Crippen LogP contribution < -0.4 is 5.32 Å². The van der Waals surface area contributed by atoms with Crippen molar-refractivity contribution in [3.8, 4) is 0 Å². The quantitative estimate of drug-likeness (QED) is 0.851. The van der Waals surface area contributed by atoms with Crippen molar-refractivity contribution in [2.24, 2.45) is 0 Å². The molecule has 1 unspecified atom stereocenters. The molecule has 1 aromatic heterocycles. The predicted octanol–water partition coefficient (Wildman–Crippen LogP) is 2.88. The zero-order chi connectivity index (χ0) is 14.5. The van der Waals surface area contributed by atoms with E-state index in [1.807, 2.05) is 25.2 Å². The second-order valence-corrected chi connectivity index (χ2v) is 4.67. The molecule has 20 heavy (non-hydrogen) atoms. The van der Waals surface area contributed by atoms with Crippen LogP contribution in [0.4, 0.5) is 0 Å². The lowest BCUT2D eigenvalue weighted by atomic mass is 10.00. The van der Waals surface area contributed by atoms with Gasteiger partial charge in [-0.1, -0.05) is 24.3 Å². The van der Waals surface area contributed by atoms with Gasteiger partial charge in [0.1, 0.15) is 5.76 Å². The number of rotatable bonds is 5. The van der Waals surface area contributed by atoms with Crippen LogP contribution in [-0.2, 0) is 11.2 Å². The molecule has 4 nitrogen and oxygen atoms in total. The van der Waals surface area contributed by atoms with Crippen LogP contribution in [0.25, 0.3) is 0 Å². The van der Waals surface area contributed by atoms with Gasteiger partial charge < -0.3 is 14.5 Å². The van der Waals surface area contributed by atoms with Crippen LogP contribution in [0, 0.1) is 6.92 Å². The minimum atomic E-state index is -0.456. The van der Waals surface area contributed by atoms with Crippen molar-refractivity contribution >= 4 is 5.97 Å². The number of ether oxygens (including phenoxy) is 1. The van der Waals surface area contributed by atoms with Crippen LogP contribution in [0.5, 0.6) is 0 Å². The van der Waals surface area contributed by atoms with Crippen molar-refractivity contribution in [1.29, 1.82) is 0 Å². The lowest BCUT2D eigenvalue weighted by Gasteiger charge is -2.15. The number of methoxy groups -OCH3 is 1. The first-order valence-corrected chi connectivity index (χ1v) is 6.55. The van der Waals surface area contributed by atoms with Gasteiger partial charge in [0.15, 0.2) is 0 Å². The van der Waals surface area contributed by atoms with Crippen molar-refractivity contribution in [2.75, 3.05) is 14.2 Å². The molecule has 1 N–H and O–H groups in total. The Morgan fingerprint density at radius 2 is 2.05 bits per heavy atom. The number of carbonyl (C=O) groups excluding carboxylic acids is 1. The number of nitrogens with one attached hydrogen (secondary N) is 1. The average molecular weight is 273 g/mol. The molecule has 4 heteroatoms. The molecule has 2 rings (SSSR count). The van der Waals surface area contributed by atoms with E-state index < -0.39 is 5.97 Å².